The van der Waals surface area contributed by atoms with Gasteiger partial charge in [-0.15, -0.1) is 12.7 Å². The average molecular weight is 1270 g/mol. The van der Waals surface area contributed by atoms with Crippen LogP contribution in [-0.2, 0) is 99.1 Å². The van der Waals surface area contributed by atoms with E-state index in [2.05, 4.69) is 26.9 Å². The SMILES string of the molecule is C=CC1C[C-]1NC1NS(=O)(=O)CC(NC(=O)O)C(=O)N2CC(Oc3ccnc4ccccc34)CC12.[CH3-].[CH3-].[W].[W].[W].[W]. The number of fused-ring (bicyclic) bond motifs is 2. The van der Waals surface area contributed by atoms with E-state index in [-0.39, 0.29) is 112 Å². The van der Waals surface area contributed by atoms with E-state index in [9.17, 15) is 23.1 Å². The van der Waals surface area contributed by atoms with E-state index >= 15 is 0 Å². The minimum absolute atomic E-state index is 0. The second kappa shape index (κ2) is 17.7. The molecule has 16 heteroatoms. The van der Waals surface area contributed by atoms with E-state index in [1.807, 2.05) is 24.3 Å². The van der Waals surface area contributed by atoms with Gasteiger partial charge < -0.3 is 40.2 Å². The molecule has 1 aromatic carbocycles. The molecule has 3 aliphatic rings. The molecule has 5 rings (SSSR count). The molecular formula is C25H32N5O6SW4-3. The number of nitrogens with zero attached hydrogens (tertiary/aromatic N) is 2. The molecular weight excluding hydrogens is 1230 g/mol. The molecule has 41 heavy (non-hydrogen) atoms. The van der Waals surface area contributed by atoms with Crippen LogP contribution < -0.4 is 20.1 Å². The van der Waals surface area contributed by atoms with Crippen molar-refractivity contribution in [1.29, 1.82) is 0 Å². The summed E-state index contributed by atoms with van der Waals surface area (Å²) in [6.07, 6.45) is 1.83. The number of carbonyl (C=O) groups excluding carboxylic acids is 1. The molecule has 226 valence electrons. The van der Waals surface area contributed by atoms with E-state index in [1.54, 1.807) is 18.3 Å². The van der Waals surface area contributed by atoms with Gasteiger partial charge in [-0.05, 0) is 18.2 Å². The molecule has 1 aromatic heterocycles. The van der Waals surface area contributed by atoms with Gasteiger partial charge in [-0.1, -0.05) is 12.1 Å². The fourth-order valence-corrected chi connectivity index (χ4v) is 6.15. The number of aromatic nitrogens is 1. The summed E-state index contributed by atoms with van der Waals surface area (Å²) in [5, 5.41) is 15.3. The van der Waals surface area contributed by atoms with E-state index in [0.29, 0.717) is 12.2 Å². The first kappa shape index (κ1) is 42.7. The number of hydrogen-bond donors (Lipinski definition) is 4. The van der Waals surface area contributed by atoms with Gasteiger partial charge in [0.25, 0.3) is 0 Å². The Hall–Kier alpha value is -0.467. The summed E-state index contributed by atoms with van der Waals surface area (Å²) in [6, 6.07) is 8.20. The van der Waals surface area contributed by atoms with Crippen molar-refractivity contribution in [3.63, 3.8) is 0 Å². The number of hydrogen-bond acceptors (Lipinski definition) is 7. The van der Waals surface area contributed by atoms with E-state index in [1.165, 1.54) is 4.90 Å². The minimum atomic E-state index is -3.98. The molecule has 2 saturated heterocycles. The maximum absolute atomic E-state index is 13.4. The minimum Gasteiger partial charge on any atom is -0.488 e. The number of amides is 2. The van der Waals surface area contributed by atoms with Crippen LogP contribution in [0.1, 0.15) is 12.8 Å². The number of ether oxygens (including phenoxy) is 1. The van der Waals surface area contributed by atoms with Crippen LogP contribution in [0.3, 0.4) is 0 Å². The van der Waals surface area contributed by atoms with Gasteiger partial charge in [-0.25, -0.2) is 13.2 Å². The molecule has 1 saturated carbocycles. The van der Waals surface area contributed by atoms with Crippen LogP contribution in [0.5, 0.6) is 5.75 Å². The Morgan fingerprint density at radius 3 is 2.51 bits per heavy atom. The summed E-state index contributed by atoms with van der Waals surface area (Å²) < 4.78 is 34.5. The van der Waals surface area contributed by atoms with Crippen LogP contribution in [0.2, 0.25) is 0 Å². The van der Waals surface area contributed by atoms with Crippen LogP contribution in [-0.4, -0.2) is 72.1 Å². The van der Waals surface area contributed by atoms with Gasteiger partial charge in [0.15, 0.2) is 0 Å². The van der Waals surface area contributed by atoms with Gasteiger partial charge >= 0.3 is 6.09 Å². The number of benzene rings is 1. The second-order valence-electron chi connectivity index (χ2n) is 8.95. The maximum Gasteiger partial charge on any atom is 0.405 e. The van der Waals surface area contributed by atoms with Crippen molar-refractivity contribution in [2.45, 2.75) is 37.2 Å². The molecule has 4 N–H and O–H groups in total. The van der Waals surface area contributed by atoms with Crippen LogP contribution in [0, 0.1) is 26.8 Å². The first-order valence-electron chi connectivity index (χ1n) is 11.3. The predicted molar refractivity (Wildman–Crippen MR) is 139 cm³/mol. The number of para-hydroxylation sites is 1. The number of sulfonamides is 1. The zero-order valence-electron chi connectivity index (χ0n) is 22.4. The zero-order chi connectivity index (χ0) is 24.7. The summed E-state index contributed by atoms with van der Waals surface area (Å²) in [5.74, 6) is -0.536. The number of carboxylic acid groups (broad SMARTS) is 1. The van der Waals surface area contributed by atoms with Crippen LogP contribution >= 0.6 is 0 Å². The van der Waals surface area contributed by atoms with Gasteiger partial charge in [0.05, 0.1) is 30.0 Å². The van der Waals surface area contributed by atoms with Crippen molar-refractivity contribution in [2.24, 2.45) is 5.92 Å². The van der Waals surface area contributed by atoms with Crippen molar-refractivity contribution in [1.82, 2.24) is 25.2 Å². The monoisotopic (exact) mass is 1270 g/mol. The molecule has 3 heterocycles. The molecule has 11 nitrogen and oxygen atoms in total. The smallest absolute Gasteiger partial charge is 0.405 e. The number of nitrogens with one attached hydrogen (secondary N) is 3. The molecule has 0 radical (unpaired) electrons. The largest absolute Gasteiger partial charge is 0.488 e. The molecule has 2 aliphatic heterocycles. The quantitative estimate of drug-likeness (QED) is 0.253. The third-order valence-electron chi connectivity index (χ3n) is 6.52. The predicted octanol–water partition coefficient (Wildman–Crippen LogP) is 1.70. The van der Waals surface area contributed by atoms with Crippen molar-refractivity contribution in [3.05, 3.63) is 70.1 Å². The van der Waals surface area contributed by atoms with Gasteiger partial charge in [-0.2, -0.15) is 17.1 Å². The molecule has 0 spiro atoms. The first-order valence-corrected chi connectivity index (χ1v) is 12.9. The molecule has 2 amide bonds. The van der Waals surface area contributed by atoms with Gasteiger partial charge in [0, 0.05) is 102 Å². The van der Waals surface area contributed by atoms with Crippen molar-refractivity contribution < 1.29 is 112 Å². The fraction of sp³-hybridized carbons (Fsp3) is 0.360. The summed E-state index contributed by atoms with van der Waals surface area (Å²) >= 11 is 0. The average Bonchev–Trinajstić information content (AvgIpc) is 3.44. The third kappa shape index (κ3) is 10.0. The maximum atomic E-state index is 13.4. The summed E-state index contributed by atoms with van der Waals surface area (Å²) in [5.41, 5.74) is 0.768. The molecule has 3 fully saturated rings. The Balaban J connectivity index is 0. The van der Waals surface area contributed by atoms with E-state index < -0.39 is 52.1 Å². The summed E-state index contributed by atoms with van der Waals surface area (Å²) in [4.78, 5) is 30.5. The Morgan fingerprint density at radius 2 is 1.88 bits per heavy atom. The number of pyridine rings is 1. The molecule has 1 aliphatic carbocycles. The Bertz CT molecular complexity index is 1280. The fourth-order valence-electron chi connectivity index (χ4n) is 4.79. The normalized spacial score (nSPS) is 25.8. The van der Waals surface area contributed by atoms with Crippen molar-refractivity contribution in [3.8, 4) is 5.75 Å². The Kier molecular flexibility index (Phi) is 18.5. The molecule has 0 bridgehead atoms. The number of rotatable bonds is 6. The van der Waals surface area contributed by atoms with E-state index in [4.69, 9.17) is 4.74 Å². The standard InChI is InChI=1S/C23H26N5O6S.2CH3.4W/c1-2-13-9-17(13)25-21-19-10-14(34-20-7-8-24-16-6-4-3-5-15(16)20)11-28(19)22(29)18(26-23(30)31)12-35(32,33)27-21;;;;;;/h2-8,13-14,18-19,21,25-27H,1,9-12H2,(H,30,31);2*1H3;;;;/q3*-1;;;;. The summed E-state index contributed by atoms with van der Waals surface area (Å²) in [6.45, 7) is 3.95. The zero-order valence-corrected chi connectivity index (χ0v) is 34.9. The topological polar surface area (TPSA) is 150 Å². The Morgan fingerprint density at radius 1 is 1.20 bits per heavy atom. The van der Waals surface area contributed by atoms with Crippen LogP contribution in [0.4, 0.5) is 4.79 Å². The van der Waals surface area contributed by atoms with Gasteiger partial charge in [-0.3, -0.25) is 15.8 Å². The van der Waals surface area contributed by atoms with Crippen molar-refractivity contribution in [2.75, 3.05) is 12.3 Å². The molecule has 5 atom stereocenters. The molecule has 5 unspecified atom stereocenters. The van der Waals surface area contributed by atoms with E-state index in [0.717, 1.165) is 23.4 Å². The summed E-state index contributed by atoms with van der Waals surface area (Å²) in [7, 11) is -3.98. The second-order valence-corrected chi connectivity index (χ2v) is 10.8. The van der Waals surface area contributed by atoms with Crippen LogP contribution in [0.15, 0.2) is 49.2 Å². The van der Waals surface area contributed by atoms with Crippen molar-refractivity contribution >= 4 is 32.9 Å². The third-order valence-corrected chi connectivity index (χ3v) is 7.90. The Labute approximate surface area is 298 Å². The number of carbonyl (C=O) groups is 2. The molecule has 2 aromatic rings. The van der Waals surface area contributed by atoms with Gasteiger partial charge in [0.1, 0.15) is 17.9 Å². The van der Waals surface area contributed by atoms with Gasteiger partial charge in [0.2, 0.25) is 15.9 Å². The first-order chi connectivity index (χ1) is 16.7. The van der Waals surface area contributed by atoms with Crippen LogP contribution in [0.25, 0.3) is 10.9 Å².